The molecule has 10 heteroatoms. The number of aromatic nitrogens is 2. The Kier molecular flexibility index (Phi) is 5.77. The summed E-state index contributed by atoms with van der Waals surface area (Å²) in [6.07, 6.45) is -5.62. The molecule has 1 aliphatic heterocycles. The van der Waals surface area contributed by atoms with Gasteiger partial charge in [-0.2, -0.15) is 13.2 Å². The zero-order valence-corrected chi connectivity index (χ0v) is 17.3. The van der Waals surface area contributed by atoms with Crippen molar-refractivity contribution in [2.24, 2.45) is 5.92 Å². The Balaban J connectivity index is 1.80. The molecule has 32 heavy (non-hydrogen) atoms. The van der Waals surface area contributed by atoms with Gasteiger partial charge in [0.25, 0.3) is 0 Å². The van der Waals surface area contributed by atoms with E-state index in [4.69, 9.17) is 14.2 Å². The third-order valence-electron chi connectivity index (χ3n) is 5.24. The number of fused-ring (bicyclic) bond motifs is 1. The Labute approximate surface area is 181 Å². The van der Waals surface area contributed by atoms with Gasteiger partial charge in [-0.25, -0.2) is 4.98 Å². The second-order valence-corrected chi connectivity index (χ2v) is 7.30. The summed E-state index contributed by atoms with van der Waals surface area (Å²) in [5, 5.41) is 2.76. The van der Waals surface area contributed by atoms with Crippen LogP contribution in [-0.2, 0) is 4.79 Å². The fourth-order valence-corrected chi connectivity index (χ4v) is 3.67. The van der Waals surface area contributed by atoms with Gasteiger partial charge in [-0.15, -0.1) is 0 Å². The first-order chi connectivity index (χ1) is 15.3. The standard InChI is InChI=1S/C22H20F3N3O4/c1-30-17-6-5-12(8-18(17)31-2)15-10-16-14(4-3-7-26-16)21(28-15)32-20(22(23,24)25)13-9-19(29)27-11-13/h3-8,10,13,20H,9,11H2,1-2H3,(H,27,29)/t13-,20?/m1/s1. The smallest absolute Gasteiger partial charge is 0.425 e. The van der Waals surface area contributed by atoms with Crippen LogP contribution in [0, 0.1) is 5.92 Å². The molecule has 3 aromatic rings. The molecule has 1 amide bonds. The normalized spacial score (nSPS) is 17.2. The van der Waals surface area contributed by atoms with Crippen molar-refractivity contribution in [2.45, 2.75) is 18.7 Å². The van der Waals surface area contributed by atoms with E-state index in [0.717, 1.165) is 0 Å². The van der Waals surface area contributed by atoms with Crippen LogP contribution in [0.15, 0.2) is 42.6 Å². The Morgan fingerprint density at radius 3 is 2.56 bits per heavy atom. The molecule has 1 saturated heterocycles. The predicted molar refractivity (Wildman–Crippen MR) is 110 cm³/mol. The van der Waals surface area contributed by atoms with Crippen LogP contribution >= 0.6 is 0 Å². The van der Waals surface area contributed by atoms with Crippen LogP contribution in [0.4, 0.5) is 13.2 Å². The van der Waals surface area contributed by atoms with Crippen molar-refractivity contribution in [1.29, 1.82) is 0 Å². The van der Waals surface area contributed by atoms with Crippen LogP contribution in [0.1, 0.15) is 6.42 Å². The summed E-state index contributed by atoms with van der Waals surface area (Å²) in [5.41, 5.74) is 1.36. The molecular formula is C22H20F3N3O4. The van der Waals surface area contributed by atoms with E-state index in [-0.39, 0.29) is 18.8 Å². The lowest BCUT2D eigenvalue weighted by Gasteiger charge is -2.26. The summed E-state index contributed by atoms with van der Waals surface area (Å²) < 4.78 is 57.6. The molecule has 0 bridgehead atoms. The molecule has 2 atom stereocenters. The Morgan fingerprint density at radius 2 is 1.91 bits per heavy atom. The highest BCUT2D eigenvalue weighted by Crippen LogP contribution is 2.37. The number of carbonyl (C=O) groups excluding carboxylic acids is 1. The van der Waals surface area contributed by atoms with Gasteiger partial charge < -0.3 is 19.5 Å². The van der Waals surface area contributed by atoms with E-state index in [1.54, 1.807) is 36.4 Å². The first kappa shape index (κ1) is 21.7. The number of halogens is 3. The molecule has 0 aliphatic carbocycles. The molecule has 0 saturated carbocycles. The molecule has 3 heterocycles. The number of hydrogen-bond donors (Lipinski definition) is 1. The SMILES string of the molecule is COc1ccc(-c2cc3ncccc3c(OC([C@H]3CNC(=O)C3)C(F)(F)F)n2)cc1OC. The fraction of sp³-hybridized carbons (Fsp3) is 0.318. The van der Waals surface area contributed by atoms with E-state index >= 15 is 0 Å². The molecule has 1 aromatic carbocycles. The van der Waals surface area contributed by atoms with E-state index in [1.807, 2.05) is 0 Å². The average Bonchev–Trinajstić information content (AvgIpc) is 3.21. The maximum atomic E-state index is 13.9. The van der Waals surface area contributed by atoms with Crippen molar-refractivity contribution in [3.8, 4) is 28.6 Å². The minimum atomic E-state index is -4.69. The minimum Gasteiger partial charge on any atom is -0.493 e. The zero-order valence-electron chi connectivity index (χ0n) is 17.3. The van der Waals surface area contributed by atoms with Gasteiger partial charge in [-0.3, -0.25) is 9.78 Å². The van der Waals surface area contributed by atoms with E-state index in [2.05, 4.69) is 15.3 Å². The quantitative estimate of drug-likeness (QED) is 0.620. The molecule has 0 spiro atoms. The van der Waals surface area contributed by atoms with Crippen LogP contribution in [0.2, 0.25) is 0 Å². The first-order valence-corrected chi connectivity index (χ1v) is 9.78. The summed E-state index contributed by atoms with van der Waals surface area (Å²) in [5.74, 6) is -0.754. The van der Waals surface area contributed by atoms with Crippen molar-refractivity contribution in [3.05, 3.63) is 42.6 Å². The van der Waals surface area contributed by atoms with E-state index in [0.29, 0.717) is 33.7 Å². The molecule has 1 N–H and O–H groups in total. The van der Waals surface area contributed by atoms with Crippen molar-refractivity contribution in [3.63, 3.8) is 0 Å². The molecular weight excluding hydrogens is 427 g/mol. The van der Waals surface area contributed by atoms with Crippen LogP contribution < -0.4 is 19.5 Å². The summed E-state index contributed by atoms with van der Waals surface area (Å²) in [6.45, 7) is -0.117. The van der Waals surface area contributed by atoms with Crippen molar-refractivity contribution in [2.75, 3.05) is 20.8 Å². The van der Waals surface area contributed by atoms with Gasteiger partial charge in [0.05, 0.1) is 30.8 Å². The lowest BCUT2D eigenvalue weighted by Crippen LogP contribution is -2.42. The van der Waals surface area contributed by atoms with Crippen LogP contribution in [0.5, 0.6) is 17.4 Å². The lowest BCUT2D eigenvalue weighted by atomic mass is 10.0. The Bertz CT molecular complexity index is 1150. The first-order valence-electron chi connectivity index (χ1n) is 9.78. The number of ether oxygens (including phenoxy) is 3. The number of nitrogens with one attached hydrogen (secondary N) is 1. The number of hydrogen-bond acceptors (Lipinski definition) is 6. The van der Waals surface area contributed by atoms with E-state index < -0.39 is 24.1 Å². The van der Waals surface area contributed by atoms with Gasteiger partial charge in [0.1, 0.15) is 0 Å². The largest absolute Gasteiger partial charge is 0.493 e. The van der Waals surface area contributed by atoms with Crippen LogP contribution in [0.25, 0.3) is 22.2 Å². The summed E-state index contributed by atoms with van der Waals surface area (Å²) in [7, 11) is 2.98. The number of benzene rings is 1. The number of carbonyl (C=O) groups is 1. The predicted octanol–water partition coefficient (Wildman–Crippen LogP) is 3.76. The molecule has 1 fully saturated rings. The highest BCUT2D eigenvalue weighted by atomic mass is 19.4. The Hall–Kier alpha value is -3.56. The van der Waals surface area contributed by atoms with Gasteiger partial charge in [0.2, 0.25) is 17.9 Å². The maximum Gasteiger partial charge on any atom is 0.425 e. The van der Waals surface area contributed by atoms with Gasteiger partial charge in [-0.05, 0) is 36.4 Å². The second-order valence-electron chi connectivity index (χ2n) is 7.30. The molecule has 168 valence electrons. The summed E-state index contributed by atoms with van der Waals surface area (Å²) in [4.78, 5) is 20.2. The Morgan fingerprint density at radius 1 is 1.12 bits per heavy atom. The highest BCUT2D eigenvalue weighted by molar-refractivity contribution is 5.87. The molecule has 7 nitrogen and oxygen atoms in total. The van der Waals surface area contributed by atoms with Crippen LogP contribution in [0.3, 0.4) is 0 Å². The minimum absolute atomic E-state index is 0.117. The highest BCUT2D eigenvalue weighted by Gasteiger charge is 2.49. The average molecular weight is 447 g/mol. The number of alkyl halides is 3. The summed E-state index contributed by atoms with van der Waals surface area (Å²) in [6, 6.07) is 9.90. The third kappa shape index (κ3) is 4.25. The monoisotopic (exact) mass is 447 g/mol. The molecule has 4 rings (SSSR count). The third-order valence-corrected chi connectivity index (χ3v) is 5.24. The summed E-state index contributed by atoms with van der Waals surface area (Å²) >= 11 is 0. The van der Waals surface area contributed by atoms with Gasteiger partial charge in [-0.1, -0.05) is 0 Å². The number of pyridine rings is 2. The van der Waals surface area contributed by atoms with E-state index in [9.17, 15) is 18.0 Å². The van der Waals surface area contributed by atoms with Crippen molar-refractivity contribution in [1.82, 2.24) is 15.3 Å². The van der Waals surface area contributed by atoms with Crippen LogP contribution in [-0.4, -0.2) is 48.9 Å². The molecule has 0 radical (unpaired) electrons. The van der Waals surface area contributed by atoms with Gasteiger partial charge in [0.15, 0.2) is 11.5 Å². The number of amides is 1. The number of methoxy groups -OCH3 is 2. The lowest BCUT2D eigenvalue weighted by molar-refractivity contribution is -0.208. The molecule has 2 aromatic heterocycles. The second kappa shape index (κ2) is 8.52. The van der Waals surface area contributed by atoms with Crippen molar-refractivity contribution >= 4 is 16.8 Å². The fourth-order valence-electron chi connectivity index (χ4n) is 3.67. The topological polar surface area (TPSA) is 82.6 Å². The molecule has 1 aliphatic rings. The van der Waals surface area contributed by atoms with Gasteiger partial charge >= 0.3 is 6.18 Å². The van der Waals surface area contributed by atoms with Crippen molar-refractivity contribution < 1.29 is 32.2 Å². The number of rotatable bonds is 6. The van der Waals surface area contributed by atoms with Gasteiger partial charge in [0, 0.05) is 30.6 Å². The zero-order chi connectivity index (χ0) is 22.9. The van der Waals surface area contributed by atoms with E-state index in [1.165, 1.54) is 20.4 Å². The molecule has 1 unspecified atom stereocenters. The number of nitrogens with zero attached hydrogens (tertiary/aromatic N) is 2. The maximum absolute atomic E-state index is 13.9.